The van der Waals surface area contributed by atoms with Gasteiger partial charge in [-0.05, 0) is 18.2 Å². The lowest BCUT2D eigenvalue weighted by Crippen LogP contribution is -2.29. The number of methoxy groups -OCH3 is 2. The van der Waals surface area contributed by atoms with Gasteiger partial charge in [0.15, 0.2) is 0 Å². The van der Waals surface area contributed by atoms with E-state index in [4.69, 9.17) is 9.47 Å². The molecule has 0 aliphatic carbocycles. The third-order valence-corrected chi connectivity index (χ3v) is 5.72. The summed E-state index contributed by atoms with van der Waals surface area (Å²) in [6.45, 7) is 3.70. The van der Waals surface area contributed by atoms with Gasteiger partial charge in [-0.1, -0.05) is 32.0 Å². The average molecular weight is 401 g/mol. The third kappa shape index (κ3) is 3.94. The second-order valence-electron chi connectivity index (χ2n) is 6.70. The van der Waals surface area contributed by atoms with Crippen molar-refractivity contribution in [1.82, 2.24) is 0 Å². The van der Waals surface area contributed by atoms with E-state index >= 15 is 0 Å². The zero-order valence-electron chi connectivity index (χ0n) is 16.4. The molecule has 0 spiro atoms. The number of anilines is 2. The predicted octanol–water partition coefficient (Wildman–Crippen LogP) is 4.08. The summed E-state index contributed by atoms with van der Waals surface area (Å²) >= 11 is 1.52. The maximum Gasteiger partial charge on any atom is 0.238 e. The van der Waals surface area contributed by atoms with E-state index in [2.05, 4.69) is 5.32 Å². The van der Waals surface area contributed by atoms with Gasteiger partial charge in [-0.15, -0.1) is 11.8 Å². The fourth-order valence-corrected chi connectivity index (χ4v) is 4.21. The second kappa shape index (κ2) is 8.56. The van der Waals surface area contributed by atoms with Crippen molar-refractivity contribution in [3.8, 4) is 11.5 Å². The van der Waals surface area contributed by atoms with Crippen LogP contribution in [-0.2, 0) is 9.59 Å². The molecule has 1 aliphatic heterocycles. The molecule has 3 rings (SSSR count). The maximum absolute atomic E-state index is 12.8. The molecule has 148 valence electrons. The van der Waals surface area contributed by atoms with E-state index < -0.39 is 0 Å². The zero-order chi connectivity index (χ0) is 20.3. The number of thioether (sulfide) groups is 1. The molecule has 1 N–H and O–H groups in total. The number of ether oxygens (including phenoxy) is 2. The number of hydrogen-bond donors (Lipinski definition) is 1. The summed E-state index contributed by atoms with van der Waals surface area (Å²) in [7, 11) is 3.15. The Morgan fingerprint density at radius 3 is 2.61 bits per heavy atom. The highest BCUT2D eigenvalue weighted by Crippen LogP contribution is 2.47. The van der Waals surface area contributed by atoms with Crippen LogP contribution in [0.4, 0.5) is 11.4 Å². The number of benzene rings is 2. The summed E-state index contributed by atoms with van der Waals surface area (Å²) in [6.07, 6.45) is 0. The molecule has 0 aromatic heterocycles. The normalized spacial score (nSPS) is 16.4. The highest BCUT2D eigenvalue weighted by atomic mass is 32.2. The van der Waals surface area contributed by atoms with Crippen molar-refractivity contribution in [1.29, 1.82) is 0 Å². The smallest absolute Gasteiger partial charge is 0.238 e. The first kappa shape index (κ1) is 20.1. The van der Waals surface area contributed by atoms with E-state index in [1.165, 1.54) is 11.8 Å². The molecule has 1 saturated heterocycles. The molecule has 6 nitrogen and oxygen atoms in total. The van der Waals surface area contributed by atoms with Crippen molar-refractivity contribution in [2.24, 2.45) is 5.92 Å². The highest BCUT2D eigenvalue weighted by Gasteiger charge is 2.37. The quantitative estimate of drug-likeness (QED) is 0.791. The molecule has 0 saturated carbocycles. The number of para-hydroxylation sites is 1. The van der Waals surface area contributed by atoms with Crippen LogP contribution in [0.2, 0.25) is 0 Å². The van der Waals surface area contributed by atoms with Crippen LogP contribution >= 0.6 is 11.8 Å². The summed E-state index contributed by atoms with van der Waals surface area (Å²) in [5.41, 5.74) is 2.27. The van der Waals surface area contributed by atoms with Gasteiger partial charge in [0.05, 0.1) is 25.7 Å². The summed E-state index contributed by atoms with van der Waals surface area (Å²) < 4.78 is 10.8. The molecule has 7 heteroatoms. The van der Waals surface area contributed by atoms with Gasteiger partial charge in [0.25, 0.3) is 0 Å². The van der Waals surface area contributed by atoms with Crippen molar-refractivity contribution >= 4 is 35.0 Å². The number of nitrogens with zero attached hydrogens (tertiary/aromatic N) is 1. The topological polar surface area (TPSA) is 67.9 Å². The molecule has 1 heterocycles. The highest BCUT2D eigenvalue weighted by molar-refractivity contribution is 8.00. The van der Waals surface area contributed by atoms with Crippen LogP contribution in [0.15, 0.2) is 42.5 Å². The molecule has 2 amide bonds. The first-order valence-corrected chi connectivity index (χ1v) is 10.1. The van der Waals surface area contributed by atoms with E-state index in [-0.39, 0.29) is 23.1 Å². The summed E-state index contributed by atoms with van der Waals surface area (Å²) in [5.74, 6) is 1.36. The fraction of sp³-hybridized carbons (Fsp3) is 0.333. The number of amides is 2. The van der Waals surface area contributed by atoms with Crippen molar-refractivity contribution < 1.29 is 19.1 Å². The Morgan fingerprint density at radius 1 is 1.18 bits per heavy atom. The Kier molecular flexibility index (Phi) is 6.14. The summed E-state index contributed by atoms with van der Waals surface area (Å²) in [4.78, 5) is 26.7. The first-order chi connectivity index (χ1) is 13.5. The molecule has 28 heavy (non-hydrogen) atoms. The van der Waals surface area contributed by atoms with Crippen LogP contribution in [0.3, 0.4) is 0 Å². The zero-order valence-corrected chi connectivity index (χ0v) is 17.2. The minimum Gasteiger partial charge on any atom is -0.497 e. The summed E-state index contributed by atoms with van der Waals surface area (Å²) in [6, 6.07) is 13.0. The number of nitrogens with one attached hydrogen (secondary N) is 1. The van der Waals surface area contributed by atoms with E-state index in [9.17, 15) is 9.59 Å². The van der Waals surface area contributed by atoms with Crippen molar-refractivity contribution in [2.45, 2.75) is 19.2 Å². The van der Waals surface area contributed by atoms with Gasteiger partial charge in [-0.25, -0.2) is 0 Å². The lowest BCUT2D eigenvalue weighted by Gasteiger charge is -2.27. The van der Waals surface area contributed by atoms with E-state index in [0.717, 1.165) is 5.56 Å². The van der Waals surface area contributed by atoms with Crippen LogP contribution in [0.5, 0.6) is 11.5 Å². The minimum atomic E-state index is -0.265. The Bertz CT molecular complexity index is 884. The lowest BCUT2D eigenvalue weighted by atomic mass is 10.1. The standard InChI is InChI=1S/C21H24N2O4S/c1-13(2)20(25)22-16-8-6-5-7-15(16)21-23(19(24)12-28-21)17-10-9-14(26-3)11-18(17)27-4/h5-11,13,21H,12H2,1-4H3,(H,22,25)/t21-/m1/s1. The molecule has 2 aromatic carbocycles. The van der Waals surface area contributed by atoms with E-state index in [1.807, 2.05) is 44.2 Å². The van der Waals surface area contributed by atoms with Gasteiger partial charge in [-0.2, -0.15) is 0 Å². The average Bonchev–Trinajstić information content (AvgIpc) is 3.08. The van der Waals surface area contributed by atoms with E-state index in [0.29, 0.717) is 28.6 Å². The van der Waals surface area contributed by atoms with Gasteiger partial charge in [-0.3, -0.25) is 14.5 Å². The number of carbonyl (C=O) groups excluding carboxylic acids is 2. The van der Waals surface area contributed by atoms with Crippen molar-refractivity contribution in [3.05, 3.63) is 48.0 Å². The van der Waals surface area contributed by atoms with Crippen LogP contribution < -0.4 is 19.7 Å². The molecule has 0 bridgehead atoms. The monoisotopic (exact) mass is 400 g/mol. The van der Waals surface area contributed by atoms with Crippen LogP contribution in [0.25, 0.3) is 0 Å². The molecule has 0 radical (unpaired) electrons. The molecular formula is C21H24N2O4S. The lowest BCUT2D eigenvalue weighted by molar-refractivity contribution is -0.119. The maximum atomic E-state index is 12.8. The van der Waals surface area contributed by atoms with Crippen molar-refractivity contribution in [3.63, 3.8) is 0 Å². The first-order valence-electron chi connectivity index (χ1n) is 9.01. The van der Waals surface area contributed by atoms with Gasteiger partial charge in [0.2, 0.25) is 11.8 Å². The predicted molar refractivity (Wildman–Crippen MR) is 112 cm³/mol. The van der Waals surface area contributed by atoms with Gasteiger partial charge >= 0.3 is 0 Å². The Morgan fingerprint density at radius 2 is 1.93 bits per heavy atom. The number of carbonyl (C=O) groups is 2. The second-order valence-corrected chi connectivity index (χ2v) is 7.76. The Hall–Kier alpha value is -2.67. The van der Waals surface area contributed by atoms with Crippen molar-refractivity contribution in [2.75, 3.05) is 30.2 Å². The number of rotatable bonds is 6. The van der Waals surface area contributed by atoms with Crippen LogP contribution in [0, 0.1) is 5.92 Å². The van der Waals surface area contributed by atoms with Gasteiger partial charge < -0.3 is 14.8 Å². The molecule has 1 atom stereocenters. The largest absolute Gasteiger partial charge is 0.497 e. The van der Waals surface area contributed by atoms with Crippen LogP contribution in [0.1, 0.15) is 24.8 Å². The molecular weight excluding hydrogens is 376 g/mol. The fourth-order valence-electron chi connectivity index (χ4n) is 3.00. The summed E-state index contributed by atoms with van der Waals surface area (Å²) in [5, 5.41) is 2.71. The number of hydrogen-bond acceptors (Lipinski definition) is 5. The molecule has 2 aromatic rings. The minimum absolute atomic E-state index is 0.0107. The van der Waals surface area contributed by atoms with Gasteiger partial charge in [0.1, 0.15) is 16.9 Å². The SMILES string of the molecule is COc1ccc(N2C(=O)CS[C@@H]2c2ccccc2NC(=O)C(C)C)c(OC)c1. The third-order valence-electron chi connectivity index (χ3n) is 4.52. The molecule has 0 unspecified atom stereocenters. The van der Waals surface area contributed by atoms with Gasteiger partial charge in [0, 0.05) is 23.2 Å². The molecule has 1 fully saturated rings. The Labute approximate surface area is 169 Å². The van der Waals surface area contributed by atoms with Crippen LogP contribution in [-0.4, -0.2) is 31.8 Å². The van der Waals surface area contributed by atoms with E-state index in [1.54, 1.807) is 31.3 Å². The molecule has 1 aliphatic rings. The Balaban J connectivity index is 2.02.